The molecular weight excluding hydrogens is 486 g/mol. The van der Waals surface area contributed by atoms with Crippen molar-refractivity contribution in [1.29, 1.82) is 0 Å². The van der Waals surface area contributed by atoms with Crippen LogP contribution in [0.4, 0.5) is 11.4 Å². The Morgan fingerprint density at radius 1 is 1.06 bits per heavy atom. The Morgan fingerprint density at radius 3 is 2.37 bits per heavy atom. The monoisotopic (exact) mass is 509 g/mol. The number of esters is 1. The number of anilines is 2. The number of amides is 3. The van der Waals surface area contributed by atoms with Gasteiger partial charge in [0.25, 0.3) is 11.8 Å². The summed E-state index contributed by atoms with van der Waals surface area (Å²) in [5.41, 5.74) is 2.24. The molecule has 1 N–H and O–H groups in total. The minimum Gasteiger partial charge on any atom is -0.462 e. The van der Waals surface area contributed by atoms with Crippen molar-refractivity contribution in [3.05, 3.63) is 64.6 Å². The summed E-state index contributed by atoms with van der Waals surface area (Å²) in [6.07, 6.45) is 0. The van der Waals surface area contributed by atoms with E-state index in [1.807, 2.05) is 13.8 Å². The Balaban J connectivity index is 1.56. The summed E-state index contributed by atoms with van der Waals surface area (Å²) < 4.78 is 5.36. The number of nitrogens with one attached hydrogen (secondary N) is 1. The van der Waals surface area contributed by atoms with Gasteiger partial charge in [-0.05, 0) is 51.1 Å². The quantitative estimate of drug-likeness (QED) is 0.359. The summed E-state index contributed by atoms with van der Waals surface area (Å²) in [7, 11) is 0. The number of hydrogen-bond acceptors (Lipinski definition) is 7. The molecule has 0 aromatic heterocycles. The minimum atomic E-state index is -0.444. The van der Waals surface area contributed by atoms with Gasteiger partial charge in [0.05, 0.1) is 28.3 Å². The summed E-state index contributed by atoms with van der Waals surface area (Å²) in [4.78, 5) is 54.3. The van der Waals surface area contributed by atoms with E-state index in [1.54, 1.807) is 55.5 Å². The largest absolute Gasteiger partial charge is 0.462 e. The molecule has 0 aliphatic carbocycles. The Labute approximate surface area is 212 Å². The van der Waals surface area contributed by atoms with Crippen molar-refractivity contribution in [2.45, 2.75) is 26.8 Å². The van der Waals surface area contributed by atoms with Crippen molar-refractivity contribution in [2.75, 3.05) is 23.4 Å². The van der Waals surface area contributed by atoms with Gasteiger partial charge in [-0.2, -0.15) is 0 Å². The number of para-hydroxylation sites is 1. The predicted octanol–water partition coefficient (Wildman–Crippen LogP) is 3.83. The van der Waals surface area contributed by atoms with Crippen LogP contribution < -0.4 is 10.2 Å². The summed E-state index contributed by atoms with van der Waals surface area (Å²) in [6, 6.07) is 13.2. The number of hydrogen-bond donors (Lipinski definition) is 1. The lowest BCUT2D eigenvalue weighted by molar-refractivity contribution is -0.123. The highest BCUT2D eigenvalue weighted by molar-refractivity contribution is 8.26. The Bertz CT molecular complexity index is 1270. The van der Waals surface area contributed by atoms with Gasteiger partial charge < -0.3 is 10.1 Å². The maximum Gasteiger partial charge on any atom is 0.338 e. The summed E-state index contributed by atoms with van der Waals surface area (Å²) in [5.74, 6) is -1.60. The van der Waals surface area contributed by atoms with Gasteiger partial charge in [-0.3, -0.25) is 24.2 Å². The Hall–Kier alpha value is -3.50. The lowest BCUT2D eigenvalue weighted by Crippen LogP contribution is -2.36. The number of benzene rings is 2. The third-order valence-corrected chi connectivity index (χ3v) is 6.85. The van der Waals surface area contributed by atoms with Gasteiger partial charge >= 0.3 is 5.97 Å². The van der Waals surface area contributed by atoms with Crippen molar-refractivity contribution >= 4 is 68.9 Å². The topological polar surface area (TPSA) is 96.0 Å². The maximum absolute atomic E-state index is 13.5. The first-order chi connectivity index (χ1) is 16.7. The molecule has 2 aromatic carbocycles. The fourth-order valence-corrected chi connectivity index (χ4v) is 5.48. The van der Waals surface area contributed by atoms with Crippen LogP contribution >= 0.6 is 24.0 Å². The van der Waals surface area contributed by atoms with Gasteiger partial charge in [0, 0.05) is 17.3 Å². The third-order valence-electron chi connectivity index (χ3n) is 5.45. The fraction of sp³-hybridized carbons (Fsp3) is 0.240. The lowest BCUT2D eigenvalue weighted by Gasteiger charge is -2.18. The molecule has 0 atom stereocenters. The van der Waals surface area contributed by atoms with Gasteiger partial charge in [0.15, 0.2) is 0 Å². The zero-order valence-electron chi connectivity index (χ0n) is 19.4. The van der Waals surface area contributed by atoms with Crippen LogP contribution in [-0.2, 0) is 19.1 Å². The van der Waals surface area contributed by atoms with E-state index >= 15 is 0 Å². The van der Waals surface area contributed by atoms with Crippen LogP contribution in [0.1, 0.15) is 36.7 Å². The molecule has 0 radical (unpaired) electrons. The molecule has 2 aliphatic rings. The number of carbonyl (C=O) groups is 4. The highest BCUT2D eigenvalue weighted by atomic mass is 32.2. The third kappa shape index (κ3) is 4.71. The van der Waals surface area contributed by atoms with Crippen LogP contribution in [0.2, 0.25) is 0 Å². The minimum absolute atomic E-state index is 0.135. The van der Waals surface area contributed by atoms with Gasteiger partial charge in [-0.25, -0.2) is 4.79 Å². The molecule has 4 rings (SSSR count). The fourth-order valence-electron chi connectivity index (χ4n) is 3.88. The second-order valence-electron chi connectivity index (χ2n) is 8.10. The van der Waals surface area contributed by atoms with E-state index in [2.05, 4.69) is 5.32 Å². The van der Waals surface area contributed by atoms with Gasteiger partial charge in [0.1, 0.15) is 10.9 Å². The first kappa shape index (κ1) is 24.6. The second-order valence-corrected chi connectivity index (χ2v) is 9.74. The Kier molecular flexibility index (Phi) is 7.04. The van der Waals surface area contributed by atoms with Crippen molar-refractivity contribution in [2.24, 2.45) is 0 Å². The number of nitrogens with zero attached hydrogens (tertiary/aromatic N) is 2. The molecule has 1 saturated heterocycles. The molecular formula is C25H23N3O5S2. The molecule has 2 aliphatic heterocycles. The normalized spacial score (nSPS) is 17.3. The van der Waals surface area contributed by atoms with Crippen LogP contribution in [-0.4, -0.2) is 52.1 Å². The highest BCUT2D eigenvalue weighted by Gasteiger charge is 2.43. The summed E-state index contributed by atoms with van der Waals surface area (Å²) in [6.45, 7) is 5.47. The number of thiocarbonyl (C=S) groups is 1. The first-order valence-electron chi connectivity index (χ1n) is 11.0. The van der Waals surface area contributed by atoms with E-state index in [0.717, 1.165) is 11.8 Å². The molecule has 180 valence electrons. The van der Waals surface area contributed by atoms with Crippen LogP contribution in [0.3, 0.4) is 0 Å². The van der Waals surface area contributed by atoms with E-state index in [4.69, 9.17) is 17.0 Å². The molecule has 3 amide bonds. The molecule has 0 bridgehead atoms. The Morgan fingerprint density at radius 2 is 1.74 bits per heavy atom. The van der Waals surface area contributed by atoms with Crippen LogP contribution in [0.25, 0.3) is 5.57 Å². The molecule has 0 unspecified atom stereocenters. The average molecular weight is 510 g/mol. The number of rotatable bonds is 6. The number of ether oxygens (including phenoxy) is 1. The number of fused-ring (bicyclic) bond motifs is 1. The second kappa shape index (κ2) is 10.0. The molecule has 0 saturated carbocycles. The van der Waals surface area contributed by atoms with Crippen molar-refractivity contribution < 1.29 is 23.9 Å². The standard InChI is InChI=1S/C25H23N3O5S2/c1-4-33-24(32)15-9-11-16(12-10-15)26-19(29)13-27-18-8-6-5-7-17(18)20(22(27)30)21-23(31)28(14(2)3)25(34)35-21/h5-12,14H,4,13H2,1-3H3,(H,26,29)/b21-20-. The molecule has 0 spiro atoms. The summed E-state index contributed by atoms with van der Waals surface area (Å²) in [5, 5.41) is 2.74. The van der Waals surface area contributed by atoms with E-state index in [-0.39, 0.29) is 35.6 Å². The van der Waals surface area contributed by atoms with Crippen molar-refractivity contribution in [3.63, 3.8) is 0 Å². The van der Waals surface area contributed by atoms with Gasteiger partial charge in [-0.1, -0.05) is 42.2 Å². The summed E-state index contributed by atoms with van der Waals surface area (Å²) >= 11 is 6.48. The first-order valence-corrected chi connectivity index (χ1v) is 12.2. The highest BCUT2D eigenvalue weighted by Crippen LogP contribution is 2.44. The van der Waals surface area contributed by atoms with Crippen LogP contribution in [0.15, 0.2) is 53.4 Å². The van der Waals surface area contributed by atoms with Crippen LogP contribution in [0.5, 0.6) is 0 Å². The van der Waals surface area contributed by atoms with Gasteiger partial charge in [-0.15, -0.1) is 0 Å². The molecule has 35 heavy (non-hydrogen) atoms. The number of carbonyl (C=O) groups excluding carboxylic acids is 4. The molecule has 2 heterocycles. The van der Waals surface area contributed by atoms with Crippen molar-refractivity contribution in [3.8, 4) is 0 Å². The zero-order chi connectivity index (χ0) is 25.3. The van der Waals surface area contributed by atoms with E-state index in [0.29, 0.717) is 26.8 Å². The predicted molar refractivity (Wildman–Crippen MR) is 139 cm³/mol. The molecule has 2 aromatic rings. The smallest absolute Gasteiger partial charge is 0.338 e. The average Bonchev–Trinajstić information content (AvgIpc) is 3.26. The van der Waals surface area contributed by atoms with Gasteiger partial charge in [0.2, 0.25) is 5.91 Å². The number of thioether (sulfide) groups is 1. The molecule has 1 fully saturated rings. The van der Waals surface area contributed by atoms with Crippen molar-refractivity contribution in [1.82, 2.24) is 4.90 Å². The van der Waals surface area contributed by atoms with E-state index in [9.17, 15) is 19.2 Å². The SMILES string of the molecule is CCOC(=O)c1ccc(NC(=O)CN2C(=O)/C(=C3\SC(=S)N(C(C)C)C3=O)c3ccccc32)cc1. The lowest BCUT2D eigenvalue weighted by atomic mass is 10.1. The maximum atomic E-state index is 13.5. The van der Waals surface area contributed by atoms with E-state index in [1.165, 1.54) is 9.80 Å². The molecule has 8 nitrogen and oxygen atoms in total. The zero-order valence-corrected chi connectivity index (χ0v) is 21.0. The molecule has 10 heteroatoms. The van der Waals surface area contributed by atoms with E-state index < -0.39 is 17.8 Å². The van der Waals surface area contributed by atoms with Crippen LogP contribution in [0, 0.1) is 0 Å².